The highest BCUT2D eigenvalue weighted by atomic mass is 16.7. The maximum atomic E-state index is 11.7. The highest BCUT2D eigenvalue weighted by Crippen LogP contribution is 2.33. The van der Waals surface area contributed by atoms with Crippen molar-refractivity contribution in [1.82, 2.24) is 0 Å². The number of hydrogen-bond donors (Lipinski definition) is 0. The fraction of sp³-hybridized carbons (Fsp3) is 0.636. The van der Waals surface area contributed by atoms with Gasteiger partial charge in [-0.1, -0.05) is 12.2 Å². The van der Waals surface area contributed by atoms with Crippen molar-refractivity contribution in [2.75, 3.05) is 0 Å². The van der Waals surface area contributed by atoms with E-state index >= 15 is 0 Å². The average Bonchev–Trinajstić information content (AvgIpc) is 2.52. The van der Waals surface area contributed by atoms with Crippen molar-refractivity contribution in [1.29, 1.82) is 0 Å². The normalized spacial score (nSPS) is 30.1. The summed E-state index contributed by atoms with van der Waals surface area (Å²) < 4.78 is 10.1. The summed E-state index contributed by atoms with van der Waals surface area (Å²) >= 11 is 0. The number of hydrogen-bond acceptors (Lipinski definition) is 4. The lowest BCUT2D eigenvalue weighted by Gasteiger charge is -2.34. The predicted molar refractivity (Wildman–Crippen MR) is 51.6 cm³/mol. The minimum Gasteiger partial charge on any atom is -0.422 e. The minimum absolute atomic E-state index is 0.0545. The molecular formula is C11H14O4. The Labute approximate surface area is 88.2 Å². The van der Waals surface area contributed by atoms with Crippen LogP contribution in [0, 0.1) is 11.8 Å². The van der Waals surface area contributed by atoms with E-state index in [0.717, 1.165) is 12.8 Å². The second-order valence-electron chi connectivity index (χ2n) is 4.39. The Hall–Kier alpha value is -1.32. The van der Waals surface area contributed by atoms with Crippen LogP contribution in [0.2, 0.25) is 0 Å². The van der Waals surface area contributed by atoms with E-state index in [1.165, 1.54) is 0 Å². The second kappa shape index (κ2) is 3.36. The van der Waals surface area contributed by atoms with Crippen LogP contribution < -0.4 is 0 Å². The van der Waals surface area contributed by atoms with E-state index in [1.807, 2.05) is 12.2 Å². The Morgan fingerprint density at radius 2 is 1.87 bits per heavy atom. The Balaban J connectivity index is 2.16. The highest BCUT2D eigenvalue weighted by molar-refractivity contribution is 5.97. The number of esters is 2. The standard InChI is InChI=1S/C11H14O4/c1-11(2)14-9(12)8(10(13)15-11)7-5-3-4-6-7/h3,5,7-8H,4,6H2,1-2H3/t7-/m1/s1. The molecule has 0 saturated carbocycles. The number of carbonyl (C=O) groups is 2. The minimum atomic E-state index is -1.12. The average molecular weight is 210 g/mol. The van der Waals surface area contributed by atoms with Crippen LogP contribution in [-0.4, -0.2) is 17.7 Å². The Kier molecular flexibility index (Phi) is 2.29. The largest absolute Gasteiger partial charge is 0.422 e. The van der Waals surface area contributed by atoms with Gasteiger partial charge in [-0.3, -0.25) is 9.59 Å². The molecule has 0 aromatic carbocycles. The molecule has 4 heteroatoms. The lowest BCUT2D eigenvalue weighted by Crippen LogP contribution is -2.48. The highest BCUT2D eigenvalue weighted by Gasteiger charge is 2.46. The molecule has 15 heavy (non-hydrogen) atoms. The van der Waals surface area contributed by atoms with Crippen LogP contribution in [0.4, 0.5) is 0 Å². The molecule has 0 unspecified atom stereocenters. The molecule has 1 aliphatic carbocycles. The number of allylic oxidation sites excluding steroid dienone is 2. The van der Waals surface area contributed by atoms with E-state index in [0.29, 0.717) is 0 Å². The first kappa shape index (κ1) is 10.2. The van der Waals surface area contributed by atoms with Crippen LogP contribution in [0.5, 0.6) is 0 Å². The molecule has 1 heterocycles. The van der Waals surface area contributed by atoms with Crippen molar-refractivity contribution in [2.45, 2.75) is 32.5 Å². The van der Waals surface area contributed by atoms with E-state index in [-0.39, 0.29) is 5.92 Å². The molecule has 4 nitrogen and oxygen atoms in total. The zero-order chi connectivity index (χ0) is 11.1. The number of rotatable bonds is 1. The van der Waals surface area contributed by atoms with Crippen molar-refractivity contribution in [3.63, 3.8) is 0 Å². The molecule has 1 atom stereocenters. The van der Waals surface area contributed by atoms with Crippen molar-refractivity contribution in [2.24, 2.45) is 11.8 Å². The number of carbonyl (C=O) groups excluding carboxylic acids is 2. The van der Waals surface area contributed by atoms with Crippen molar-refractivity contribution in [3.05, 3.63) is 12.2 Å². The van der Waals surface area contributed by atoms with E-state index in [9.17, 15) is 9.59 Å². The van der Waals surface area contributed by atoms with Gasteiger partial charge in [-0.05, 0) is 12.8 Å². The summed E-state index contributed by atoms with van der Waals surface area (Å²) in [4.78, 5) is 23.3. The molecule has 0 N–H and O–H groups in total. The van der Waals surface area contributed by atoms with Gasteiger partial charge in [-0.2, -0.15) is 0 Å². The fourth-order valence-corrected chi connectivity index (χ4v) is 2.01. The maximum Gasteiger partial charge on any atom is 0.324 e. The van der Waals surface area contributed by atoms with E-state index < -0.39 is 23.6 Å². The summed E-state index contributed by atoms with van der Waals surface area (Å²) in [5, 5.41) is 0. The summed E-state index contributed by atoms with van der Waals surface area (Å²) in [6, 6.07) is 0. The molecule has 2 aliphatic rings. The first-order chi connectivity index (χ1) is 6.99. The van der Waals surface area contributed by atoms with Crippen LogP contribution in [-0.2, 0) is 19.1 Å². The SMILES string of the molecule is CC1(C)OC(=O)C([C@@H]2C=CCC2)C(=O)O1. The van der Waals surface area contributed by atoms with Crippen LogP contribution in [0.3, 0.4) is 0 Å². The van der Waals surface area contributed by atoms with E-state index in [2.05, 4.69) is 0 Å². The first-order valence-electron chi connectivity index (χ1n) is 5.12. The zero-order valence-corrected chi connectivity index (χ0v) is 8.86. The van der Waals surface area contributed by atoms with Gasteiger partial charge in [0, 0.05) is 19.8 Å². The lowest BCUT2D eigenvalue weighted by atomic mass is 9.91. The van der Waals surface area contributed by atoms with Crippen LogP contribution in [0.25, 0.3) is 0 Å². The molecule has 2 rings (SSSR count). The second-order valence-corrected chi connectivity index (χ2v) is 4.39. The third kappa shape index (κ3) is 1.89. The third-order valence-corrected chi connectivity index (χ3v) is 2.68. The first-order valence-corrected chi connectivity index (χ1v) is 5.12. The van der Waals surface area contributed by atoms with Crippen LogP contribution in [0.15, 0.2) is 12.2 Å². The van der Waals surface area contributed by atoms with Crippen LogP contribution in [0.1, 0.15) is 26.7 Å². The van der Waals surface area contributed by atoms with Gasteiger partial charge < -0.3 is 9.47 Å². The van der Waals surface area contributed by atoms with Gasteiger partial charge in [0.2, 0.25) is 0 Å². The van der Waals surface area contributed by atoms with Crippen molar-refractivity contribution >= 4 is 11.9 Å². The van der Waals surface area contributed by atoms with Gasteiger partial charge in [-0.25, -0.2) is 0 Å². The molecule has 1 fully saturated rings. The molecule has 0 aromatic rings. The zero-order valence-electron chi connectivity index (χ0n) is 8.86. The molecule has 1 saturated heterocycles. The van der Waals surface area contributed by atoms with Crippen LogP contribution >= 0.6 is 0 Å². The molecule has 1 aliphatic heterocycles. The Bertz CT molecular complexity index is 309. The van der Waals surface area contributed by atoms with Gasteiger partial charge in [-0.15, -0.1) is 0 Å². The topological polar surface area (TPSA) is 52.6 Å². The third-order valence-electron chi connectivity index (χ3n) is 2.68. The number of cyclic esters (lactones) is 2. The maximum absolute atomic E-state index is 11.7. The van der Waals surface area contributed by atoms with E-state index in [1.54, 1.807) is 13.8 Å². The molecule has 0 spiro atoms. The van der Waals surface area contributed by atoms with E-state index in [4.69, 9.17) is 9.47 Å². The smallest absolute Gasteiger partial charge is 0.324 e. The Morgan fingerprint density at radius 1 is 1.27 bits per heavy atom. The molecule has 0 amide bonds. The monoisotopic (exact) mass is 210 g/mol. The summed E-state index contributed by atoms with van der Waals surface area (Å²) in [5.41, 5.74) is 0. The fourth-order valence-electron chi connectivity index (χ4n) is 2.01. The summed E-state index contributed by atoms with van der Waals surface area (Å²) in [7, 11) is 0. The molecule has 0 bridgehead atoms. The molecule has 0 radical (unpaired) electrons. The summed E-state index contributed by atoms with van der Waals surface area (Å²) in [5.74, 6) is -2.87. The predicted octanol–water partition coefficient (Wildman–Crippen LogP) is 1.40. The summed E-state index contributed by atoms with van der Waals surface area (Å²) in [6.45, 7) is 3.12. The van der Waals surface area contributed by atoms with Gasteiger partial charge in [0.1, 0.15) is 0 Å². The lowest BCUT2D eigenvalue weighted by molar-refractivity contribution is -0.241. The molecule has 82 valence electrons. The van der Waals surface area contributed by atoms with Gasteiger partial charge >= 0.3 is 11.9 Å². The summed E-state index contributed by atoms with van der Waals surface area (Å²) in [6.07, 6.45) is 5.59. The van der Waals surface area contributed by atoms with Crippen molar-refractivity contribution < 1.29 is 19.1 Å². The van der Waals surface area contributed by atoms with Crippen molar-refractivity contribution in [3.8, 4) is 0 Å². The van der Waals surface area contributed by atoms with Gasteiger partial charge in [0.25, 0.3) is 5.79 Å². The Morgan fingerprint density at radius 3 is 2.33 bits per heavy atom. The molecular weight excluding hydrogens is 196 g/mol. The number of ether oxygens (including phenoxy) is 2. The quantitative estimate of drug-likeness (QED) is 0.373. The van der Waals surface area contributed by atoms with Gasteiger partial charge in [0.05, 0.1) is 0 Å². The van der Waals surface area contributed by atoms with Gasteiger partial charge in [0.15, 0.2) is 5.92 Å². The molecule has 0 aromatic heterocycles.